The molecule has 0 radical (unpaired) electrons. The zero-order valence-electron chi connectivity index (χ0n) is 12.4. The molecule has 0 aliphatic rings. The first-order chi connectivity index (χ1) is 10.7. The van der Waals surface area contributed by atoms with Crippen molar-refractivity contribution < 1.29 is 31.5 Å². The summed E-state index contributed by atoms with van der Waals surface area (Å²) in [5.41, 5.74) is 0.497. The molecule has 1 aromatic heterocycles. The molecule has 126 valence electrons. The molecule has 0 saturated carbocycles. The Hall–Kier alpha value is -2.00. The summed E-state index contributed by atoms with van der Waals surface area (Å²) >= 11 is 0. The lowest BCUT2D eigenvalue weighted by Crippen LogP contribution is -2.34. The Balaban J connectivity index is 2.55. The third-order valence-electron chi connectivity index (χ3n) is 3.43. The molecule has 0 fully saturated rings. The smallest absolute Gasteiger partial charge is 0.372 e. The van der Waals surface area contributed by atoms with Gasteiger partial charge in [-0.05, 0) is 25.1 Å². The summed E-state index contributed by atoms with van der Waals surface area (Å²) in [7, 11) is -4.10. The third kappa shape index (κ3) is 3.20. The van der Waals surface area contributed by atoms with Crippen molar-refractivity contribution in [1.82, 2.24) is 4.31 Å². The van der Waals surface area contributed by atoms with E-state index in [1.165, 1.54) is 32.0 Å². The number of fused-ring (bicyclic) bond motifs is 1. The summed E-state index contributed by atoms with van der Waals surface area (Å²) in [5.74, 6) is -1.55. The first-order valence-electron chi connectivity index (χ1n) is 6.73. The maximum atomic E-state index is 12.5. The predicted molar refractivity (Wildman–Crippen MR) is 78.3 cm³/mol. The van der Waals surface area contributed by atoms with Crippen molar-refractivity contribution >= 4 is 27.0 Å². The molecular formula is C14H15F2NO5S. The van der Waals surface area contributed by atoms with Crippen molar-refractivity contribution in [2.24, 2.45) is 0 Å². The Morgan fingerprint density at radius 2 is 2.04 bits per heavy atom. The van der Waals surface area contributed by atoms with Gasteiger partial charge in [-0.3, -0.25) is 0 Å². The summed E-state index contributed by atoms with van der Waals surface area (Å²) in [5, 5.41) is 9.33. The molecule has 0 aliphatic heterocycles. The van der Waals surface area contributed by atoms with E-state index in [1.807, 2.05) is 0 Å². The quantitative estimate of drug-likeness (QED) is 0.868. The van der Waals surface area contributed by atoms with Gasteiger partial charge in [0.1, 0.15) is 5.58 Å². The highest BCUT2D eigenvalue weighted by atomic mass is 32.2. The SMILES string of the molecule is CCN(CC(F)F)S(=O)(=O)c1ccc2oc(C(=O)O)c(C)c2c1. The average Bonchev–Trinajstić information content (AvgIpc) is 2.81. The summed E-state index contributed by atoms with van der Waals surface area (Å²) in [6.07, 6.45) is -2.79. The summed E-state index contributed by atoms with van der Waals surface area (Å²) in [6, 6.07) is 3.77. The van der Waals surface area contributed by atoms with E-state index in [0.29, 0.717) is 9.69 Å². The van der Waals surface area contributed by atoms with Crippen LogP contribution in [0, 0.1) is 6.92 Å². The fourth-order valence-electron chi connectivity index (χ4n) is 2.26. The first-order valence-corrected chi connectivity index (χ1v) is 8.17. The number of benzene rings is 1. The molecule has 0 bridgehead atoms. The topological polar surface area (TPSA) is 87.8 Å². The number of halogens is 2. The molecule has 2 aromatic rings. The number of carboxylic acids is 1. The zero-order chi connectivity index (χ0) is 17.4. The number of alkyl halides is 2. The van der Waals surface area contributed by atoms with Crippen LogP contribution in [-0.2, 0) is 10.0 Å². The van der Waals surface area contributed by atoms with E-state index >= 15 is 0 Å². The van der Waals surface area contributed by atoms with Gasteiger partial charge in [0.05, 0.1) is 11.4 Å². The number of hydrogen-bond donors (Lipinski definition) is 1. The number of nitrogens with zero attached hydrogens (tertiary/aromatic N) is 1. The molecule has 1 aromatic carbocycles. The fraction of sp³-hybridized carbons (Fsp3) is 0.357. The second kappa shape index (κ2) is 6.25. The van der Waals surface area contributed by atoms with Gasteiger partial charge in [0, 0.05) is 17.5 Å². The summed E-state index contributed by atoms with van der Waals surface area (Å²) < 4.78 is 55.8. The van der Waals surface area contributed by atoms with Crippen molar-refractivity contribution in [3.63, 3.8) is 0 Å². The first kappa shape index (κ1) is 17.4. The van der Waals surface area contributed by atoms with Gasteiger partial charge in [-0.1, -0.05) is 6.92 Å². The predicted octanol–water partition coefficient (Wildman–Crippen LogP) is 2.72. The van der Waals surface area contributed by atoms with E-state index in [4.69, 9.17) is 9.52 Å². The normalized spacial score (nSPS) is 12.4. The maximum absolute atomic E-state index is 12.5. The molecule has 0 spiro atoms. The zero-order valence-corrected chi connectivity index (χ0v) is 13.2. The lowest BCUT2D eigenvalue weighted by Gasteiger charge is -2.19. The average molecular weight is 347 g/mol. The van der Waals surface area contributed by atoms with Crippen molar-refractivity contribution in [2.75, 3.05) is 13.1 Å². The molecule has 6 nitrogen and oxygen atoms in total. The number of aryl methyl sites for hydroxylation is 1. The van der Waals surface area contributed by atoms with Gasteiger partial charge in [0.15, 0.2) is 0 Å². The molecule has 23 heavy (non-hydrogen) atoms. The Bertz CT molecular complexity index is 844. The van der Waals surface area contributed by atoms with Crippen LogP contribution in [0.3, 0.4) is 0 Å². The number of sulfonamides is 1. The van der Waals surface area contributed by atoms with Crippen LogP contribution in [0.1, 0.15) is 23.0 Å². The number of rotatable bonds is 6. The number of aromatic carboxylic acids is 1. The highest BCUT2D eigenvalue weighted by Crippen LogP contribution is 2.29. The van der Waals surface area contributed by atoms with Gasteiger partial charge >= 0.3 is 5.97 Å². The molecule has 9 heteroatoms. The van der Waals surface area contributed by atoms with Gasteiger partial charge in [-0.15, -0.1) is 0 Å². The lowest BCUT2D eigenvalue weighted by atomic mass is 10.1. The largest absolute Gasteiger partial charge is 0.475 e. The van der Waals surface area contributed by atoms with Crippen LogP contribution in [0.2, 0.25) is 0 Å². The maximum Gasteiger partial charge on any atom is 0.372 e. The fourth-order valence-corrected chi connectivity index (χ4v) is 3.72. The Kier molecular flexibility index (Phi) is 4.71. The molecule has 0 atom stereocenters. The Morgan fingerprint density at radius 3 is 2.57 bits per heavy atom. The number of carbonyl (C=O) groups is 1. The third-order valence-corrected chi connectivity index (χ3v) is 5.37. The minimum absolute atomic E-state index is 0.102. The van der Waals surface area contributed by atoms with Crippen LogP contribution < -0.4 is 0 Å². The highest BCUT2D eigenvalue weighted by Gasteiger charge is 2.27. The molecule has 0 aliphatic carbocycles. The minimum Gasteiger partial charge on any atom is -0.475 e. The van der Waals surface area contributed by atoms with E-state index < -0.39 is 29.0 Å². The Labute approximate surface area is 131 Å². The number of hydrogen-bond acceptors (Lipinski definition) is 4. The van der Waals surface area contributed by atoms with Crippen molar-refractivity contribution in [2.45, 2.75) is 25.2 Å². The van der Waals surface area contributed by atoms with Crippen LogP contribution in [0.5, 0.6) is 0 Å². The minimum atomic E-state index is -4.10. The van der Waals surface area contributed by atoms with Crippen LogP contribution in [-0.4, -0.2) is 43.3 Å². The summed E-state index contributed by atoms with van der Waals surface area (Å²) in [4.78, 5) is 10.9. The van der Waals surface area contributed by atoms with E-state index in [9.17, 15) is 22.0 Å². The molecule has 0 saturated heterocycles. The Morgan fingerprint density at radius 1 is 1.39 bits per heavy atom. The van der Waals surface area contributed by atoms with Crippen molar-refractivity contribution in [3.05, 3.63) is 29.5 Å². The van der Waals surface area contributed by atoms with Gasteiger partial charge in [-0.25, -0.2) is 22.0 Å². The standard InChI is InChI=1S/C14H15F2NO5S/c1-3-17(7-12(15)16)23(20,21)9-4-5-11-10(6-9)8(2)13(22-11)14(18)19/h4-6,12H,3,7H2,1-2H3,(H,18,19). The van der Waals surface area contributed by atoms with Gasteiger partial charge in [-0.2, -0.15) is 4.31 Å². The lowest BCUT2D eigenvalue weighted by molar-refractivity contribution is 0.0664. The second-order valence-electron chi connectivity index (χ2n) is 4.87. The molecule has 0 unspecified atom stereocenters. The van der Waals surface area contributed by atoms with E-state index in [-0.39, 0.29) is 28.3 Å². The van der Waals surface area contributed by atoms with E-state index in [2.05, 4.69) is 0 Å². The molecular weight excluding hydrogens is 332 g/mol. The van der Waals surface area contributed by atoms with Gasteiger partial charge in [0.2, 0.25) is 15.8 Å². The second-order valence-corrected chi connectivity index (χ2v) is 6.80. The van der Waals surface area contributed by atoms with Crippen LogP contribution >= 0.6 is 0 Å². The van der Waals surface area contributed by atoms with Crippen LogP contribution in [0.15, 0.2) is 27.5 Å². The molecule has 1 heterocycles. The van der Waals surface area contributed by atoms with E-state index in [1.54, 1.807) is 0 Å². The van der Waals surface area contributed by atoms with Crippen molar-refractivity contribution in [1.29, 1.82) is 0 Å². The van der Waals surface area contributed by atoms with Gasteiger partial charge < -0.3 is 9.52 Å². The van der Waals surface area contributed by atoms with E-state index in [0.717, 1.165) is 0 Å². The monoisotopic (exact) mass is 347 g/mol. The number of furan rings is 1. The highest BCUT2D eigenvalue weighted by molar-refractivity contribution is 7.89. The van der Waals surface area contributed by atoms with Crippen molar-refractivity contribution in [3.8, 4) is 0 Å². The molecule has 1 N–H and O–H groups in total. The van der Waals surface area contributed by atoms with Crippen LogP contribution in [0.4, 0.5) is 8.78 Å². The van der Waals surface area contributed by atoms with Gasteiger partial charge in [0.25, 0.3) is 6.43 Å². The number of carboxylic acid groups (broad SMARTS) is 1. The molecule has 0 amide bonds. The molecule has 2 rings (SSSR count). The van der Waals surface area contributed by atoms with Crippen LogP contribution in [0.25, 0.3) is 11.0 Å². The summed E-state index contributed by atoms with van der Waals surface area (Å²) in [6.45, 7) is 1.95.